The average molecular weight is 301 g/mol. The summed E-state index contributed by atoms with van der Waals surface area (Å²) in [6.45, 7) is 6.88. The molecule has 2 fully saturated rings. The maximum absolute atomic E-state index is 12.0. The first-order valence-electron chi connectivity index (χ1n) is 7.17. The summed E-state index contributed by atoms with van der Waals surface area (Å²) in [5, 5.41) is 9.03. The van der Waals surface area contributed by atoms with E-state index in [1.807, 2.05) is 20.8 Å². The number of hydrogen-bond acceptors (Lipinski definition) is 5. The minimum Gasteiger partial charge on any atom is -0.479 e. The first-order chi connectivity index (χ1) is 9.71. The van der Waals surface area contributed by atoms with E-state index >= 15 is 0 Å². The number of ether oxygens (including phenoxy) is 3. The normalized spacial score (nSPS) is 25.7. The van der Waals surface area contributed by atoms with Gasteiger partial charge in [-0.2, -0.15) is 0 Å². The molecule has 0 aromatic heterocycles. The molecule has 0 radical (unpaired) electrons. The van der Waals surface area contributed by atoms with E-state index in [0.29, 0.717) is 32.5 Å². The summed E-state index contributed by atoms with van der Waals surface area (Å²) in [6.07, 6.45) is -0.165. The molecule has 1 spiro atoms. The molecule has 21 heavy (non-hydrogen) atoms. The summed E-state index contributed by atoms with van der Waals surface area (Å²) in [7, 11) is 0. The van der Waals surface area contributed by atoms with E-state index < -0.39 is 23.3 Å². The van der Waals surface area contributed by atoms with E-state index in [1.165, 1.54) is 0 Å². The molecule has 0 bridgehead atoms. The molecule has 1 unspecified atom stereocenters. The van der Waals surface area contributed by atoms with Gasteiger partial charge in [0.2, 0.25) is 0 Å². The van der Waals surface area contributed by atoms with Crippen molar-refractivity contribution < 1.29 is 28.9 Å². The quantitative estimate of drug-likeness (QED) is 0.784. The summed E-state index contributed by atoms with van der Waals surface area (Å²) < 4.78 is 16.4. The number of carbonyl (C=O) groups is 2. The Bertz CT molecular complexity index is 408. The topological polar surface area (TPSA) is 85.3 Å². The number of aliphatic carboxylic acids is 1. The minimum atomic E-state index is -1.01. The average Bonchev–Trinajstić information content (AvgIpc) is 2.37. The van der Waals surface area contributed by atoms with Crippen LogP contribution in [-0.4, -0.2) is 65.7 Å². The number of hydrogen-bond donors (Lipinski definition) is 1. The molecule has 2 saturated heterocycles. The summed E-state index contributed by atoms with van der Waals surface area (Å²) in [6, 6.07) is 0. The van der Waals surface area contributed by atoms with Crippen LogP contribution in [0.3, 0.4) is 0 Å². The van der Waals surface area contributed by atoms with Crippen LogP contribution >= 0.6 is 0 Å². The fourth-order valence-corrected chi connectivity index (χ4v) is 2.53. The second-order valence-corrected chi connectivity index (χ2v) is 6.61. The van der Waals surface area contributed by atoms with Crippen molar-refractivity contribution in [3.05, 3.63) is 0 Å². The molecule has 2 rings (SSSR count). The third-order valence-corrected chi connectivity index (χ3v) is 3.63. The highest BCUT2D eigenvalue weighted by atomic mass is 16.6. The van der Waals surface area contributed by atoms with Crippen molar-refractivity contribution in [3.8, 4) is 0 Å². The zero-order valence-corrected chi connectivity index (χ0v) is 12.8. The zero-order chi connectivity index (χ0) is 15.7. The Balaban J connectivity index is 1.90. The van der Waals surface area contributed by atoms with Crippen LogP contribution < -0.4 is 0 Å². The van der Waals surface area contributed by atoms with Crippen LogP contribution in [0.2, 0.25) is 0 Å². The monoisotopic (exact) mass is 301 g/mol. The Labute approximate surface area is 124 Å². The van der Waals surface area contributed by atoms with Crippen LogP contribution in [0.15, 0.2) is 0 Å². The highest BCUT2D eigenvalue weighted by Crippen LogP contribution is 2.31. The molecule has 0 aliphatic carbocycles. The van der Waals surface area contributed by atoms with E-state index in [4.69, 9.17) is 19.3 Å². The van der Waals surface area contributed by atoms with Gasteiger partial charge in [-0.15, -0.1) is 0 Å². The molecule has 7 nitrogen and oxygen atoms in total. The third-order valence-electron chi connectivity index (χ3n) is 3.63. The minimum absolute atomic E-state index is 0.0763. The summed E-state index contributed by atoms with van der Waals surface area (Å²) in [5.41, 5.74) is -1.12. The lowest BCUT2D eigenvalue weighted by atomic mass is 9.91. The van der Waals surface area contributed by atoms with Gasteiger partial charge in [-0.3, -0.25) is 0 Å². The van der Waals surface area contributed by atoms with Crippen molar-refractivity contribution >= 4 is 12.1 Å². The molecule has 7 heteroatoms. The van der Waals surface area contributed by atoms with Gasteiger partial charge in [0.1, 0.15) is 5.60 Å². The number of carboxylic acids is 1. The smallest absolute Gasteiger partial charge is 0.410 e. The number of carboxylic acid groups (broad SMARTS) is 1. The Hall–Kier alpha value is -1.34. The van der Waals surface area contributed by atoms with E-state index in [1.54, 1.807) is 4.90 Å². The highest BCUT2D eigenvalue weighted by Gasteiger charge is 2.44. The predicted octanol–water partition coefficient (Wildman–Crippen LogP) is 1.26. The molecule has 0 saturated carbocycles. The lowest BCUT2D eigenvalue weighted by molar-refractivity contribution is -0.221. The number of amides is 1. The number of likely N-dealkylation sites (tertiary alicyclic amines) is 1. The van der Waals surface area contributed by atoms with Crippen molar-refractivity contribution in [3.63, 3.8) is 0 Å². The summed E-state index contributed by atoms with van der Waals surface area (Å²) in [4.78, 5) is 24.6. The molecule has 0 aromatic rings. The predicted molar refractivity (Wildman–Crippen MR) is 73.1 cm³/mol. The second-order valence-electron chi connectivity index (χ2n) is 6.61. The number of nitrogens with zero attached hydrogens (tertiary/aromatic N) is 1. The van der Waals surface area contributed by atoms with Crippen molar-refractivity contribution in [2.75, 3.05) is 26.3 Å². The summed E-state index contributed by atoms with van der Waals surface area (Å²) in [5.74, 6) is -1.01. The van der Waals surface area contributed by atoms with Gasteiger partial charge in [0.25, 0.3) is 0 Å². The Morgan fingerprint density at radius 3 is 2.43 bits per heavy atom. The van der Waals surface area contributed by atoms with Gasteiger partial charge >= 0.3 is 12.1 Å². The van der Waals surface area contributed by atoms with Crippen molar-refractivity contribution in [1.29, 1.82) is 0 Å². The lowest BCUT2D eigenvalue weighted by Gasteiger charge is -2.45. The second kappa shape index (κ2) is 5.81. The zero-order valence-electron chi connectivity index (χ0n) is 12.8. The van der Waals surface area contributed by atoms with Crippen LogP contribution in [-0.2, 0) is 19.0 Å². The van der Waals surface area contributed by atoms with Gasteiger partial charge in [0, 0.05) is 13.1 Å². The SMILES string of the molecule is CC(C)(C)OC(=O)N1CCC2(CC1)COCC(C(=O)O)O2. The molecular formula is C14H23NO6. The van der Waals surface area contributed by atoms with Crippen molar-refractivity contribution in [2.45, 2.75) is 50.9 Å². The molecule has 1 atom stereocenters. The third kappa shape index (κ3) is 4.07. The van der Waals surface area contributed by atoms with E-state index in [0.717, 1.165) is 0 Å². The van der Waals surface area contributed by atoms with Gasteiger partial charge in [0.15, 0.2) is 6.10 Å². The molecule has 1 N–H and O–H groups in total. The first-order valence-corrected chi connectivity index (χ1v) is 7.17. The molecule has 2 heterocycles. The maximum atomic E-state index is 12.0. The van der Waals surface area contributed by atoms with Crippen LogP contribution in [0.4, 0.5) is 4.79 Å². The fourth-order valence-electron chi connectivity index (χ4n) is 2.53. The molecule has 2 aliphatic rings. The van der Waals surface area contributed by atoms with Crippen molar-refractivity contribution in [2.24, 2.45) is 0 Å². The Morgan fingerprint density at radius 2 is 1.90 bits per heavy atom. The fraction of sp³-hybridized carbons (Fsp3) is 0.857. The van der Waals surface area contributed by atoms with Gasteiger partial charge in [0.05, 0.1) is 18.8 Å². The largest absolute Gasteiger partial charge is 0.479 e. The number of piperidine rings is 1. The maximum Gasteiger partial charge on any atom is 0.410 e. The summed E-state index contributed by atoms with van der Waals surface area (Å²) >= 11 is 0. The Morgan fingerprint density at radius 1 is 1.29 bits per heavy atom. The molecule has 0 aromatic carbocycles. The van der Waals surface area contributed by atoms with Crippen LogP contribution in [0, 0.1) is 0 Å². The standard InChI is InChI=1S/C14H23NO6/c1-13(2,3)21-12(18)15-6-4-14(5-7-15)9-19-8-10(20-14)11(16)17/h10H,4-9H2,1-3H3,(H,16,17). The molecular weight excluding hydrogens is 278 g/mol. The molecule has 120 valence electrons. The van der Waals surface area contributed by atoms with Crippen molar-refractivity contribution in [1.82, 2.24) is 4.90 Å². The van der Waals surface area contributed by atoms with E-state index in [-0.39, 0.29) is 12.7 Å². The van der Waals surface area contributed by atoms with Crippen LogP contribution in [0.1, 0.15) is 33.6 Å². The lowest BCUT2D eigenvalue weighted by Crippen LogP contribution is -2.56. The molecule has 2 aliphatic heterocycles. The number of rotatable bonds is 1. The van der Waals surface area contributed by atoms with Gasteiger partial charge in [-0.25, -0.2) is 9.59 Å². The highest BCUT2D eigenvalue weighted by molar-refractivity contribution is 5.72. The van der Waals surface area contributed by atoms with Gasteiger partial charge in [-0.1, -0.05) is 0 Å². The van der Waals surface area contributed by atoms with Crippen LogP contribution in [0.25, 0.3) is 0 Å². The van der Waals surface area contributed by atoms with Gasteiger partial charge in [-0.05, 0) is 33.6 Å². The molecule has 1 amide bonds. The van der Waals surface area contributed by atoms with E-state index in [2.05, 4.69) is 0 Å². The van der Waals surface area contributed by atoms with E-state index in [9.17, 15) is 9.59 Å². The number of carbonyl (C=O) groups excluding carboxylic acids is 1. The Kier molecular flexibility index (Phi) is 4.43. The first kappa shape index (κ1) is 16.0. The van der Waals surface area contributed by atoms with Gasteiger partial charge < -0.3 is 24.2 Å². The van der Waals surface area contributed by atoms with Crippen LogP contribution in [0.5, 0.6) is 0 Å².